The molecule has 2 heteroatoms. The van der Waals surface area contributed by atoms with E-state index in [0.29, 0.717) is 0 Å². The van der Waals surface area contributed by atoms with Gasteiger partial charge in [-0.1, -0.05) is 54.1 Å². The lowest BCUT2D eigenvalue weighted by atomic mass is 10.0. The third kappa shape index (κ3) is 3.09. The number of halogens is 1. The Bertz CT molecular complexity index is 477. The number of rotatable bonds is 4. The summed E-state index contributed by atoms with van der Waals surface area (Å²) < 4.78 is 0. The molecule has 2 aromatic carbocycles. The molecule has 0 aliphatic heterocycles. The van der Waals surface area contributed by atoms with E-state index in [0.717, 1.165) is 35.5 Å². The predicted molar refractivity (Wildman–Crippen MR) is 74.3 cm³/mol. The molecule has 17 heavy (non-hydrogen) atoms. The molecule has 0 radical (unpaired) electrons. The van der Waals surface area contributed by atoms with Crippen LogP contribution in [0.15, 0.2) is 48.5 Å². The Balaban J connectivity index is 2.21. The van der Waals surface area contributed by atoms with Gasteiger partial charge in [-0.3, -0.25) is 0 Å². The Hall–Kier alpha value is -1.31. The van der Waals surface area contributed by atoms with Gasteiger partial charge in [0, 0.05) is 10.6 Å². The van der Waals surface area contributed by atoms with Crippen molar-refractivity contribution in [3.05, 3.63) is 59.1 Å². The molecule has 0 fully saturated rings. The van der Waals surface area contributed by atoms with Gasteiger partial charge in [-0.2, -0.15) is 0 Å². The van der Waals surface area contributed by atoms with Crippen molar-refractivity contribution in [1.29, 1.82) is 0 Å². The van der Waals surface area contributed by atoms with Gasteiger partial charge >= 0.3 is 0 Å². The summed E-state index contributed by atoms with van der Waals surface area (Å²) in [6, 6.07) is 16.4. The van der Waals surface area contributed by atoms with Crippen molar-refractivity contribution in [2.45, 2.75) is 12.8 Å². The Morgan fingerprint density at radius 1 is 0.941 bits per heavy atom. The van der Waals surface area contributed by atoms with Crippen LogP contribution in [0.5, 0.6) is 0 Å². The van der Waals surface area contributed by atoms with Crippen molar-refractivity contribution in [2.24, 2.45) is 5.73 Å². The van der Waals surface area contributed by atoms with E-state index in [-0.39, 0.29) is 0 Å². The maximum absolute atomic E-state index is 6.17. The minimum absolute atomic E-state index is 0.742. The average molecular weight is 246 g/mol. The monoisotopic (exact) mass is 245 g/mol. The van der Waals surface area contributed by atoms with Gasteiger partial charge in [-0.05, 0) is 36.6 Å². The Kier molecular flexibility index (Phi) is 4.18. The molecule has 0 saturated carbocycles. The normalized spacial score (nSPS) is 10.5. The van der Waals surface area contributed by atoms with Crippen LogP contribution in [0.2, 0.25) is 5.02 Å². The Labute approximate surface area is 107 Å². The van der Waals surface area contributed by atoms with Crippen LogP contribution in [0.4, 0.5) is 0 Å². The largest absolute Gasteiger partial charge is 0.330 e. The zero-order valence-electron chi connectivity index (χ0n) is 9.70. The lowest BCUT2D eigenvalue weighted by molar-refractivity contribution is 0.833. The molecule has 0 unspecified atom stereocenters. The van der Waals surface area contributed by atoms with Gasteiger partial charge in [-0.25, -0.2) is 0 Å². The molecule has 1 nitrogen and oxygen atoms in total. The van der Waals surface area contributed by atoms with E-state index in [1.54, 1.807) is 0 Å². The number of hydrogen-bond donors (Lipinski definition) is 1. The SMILES string of the molecule is NCCCc1ccc(-c2ccccc2Cl)cc1. The number of hydrogen-bond acceptors (Lipinski definition) is 1. The van der Waals surface area contributed by atoms with E-state index in [1.165, 1.54) is 5.56 Å². The summed E-state index contributed by atoms with van der Waals surface area (Å²) in [4.78, 5) is 0. The van der Waals surface area contributed by atoms with Crippen LogP contribution in [0.1, 0.15) is 12.0 Å². The molecule has 0 aliphatic rings. The third-order valence-corrected chi connectivity index (χ3v) is 3.14. The summed E-state index contributed by atoms with van der Waals surface area (Å²) in [6.45, 7) is 0.742. The molecule has 0 atom stereocenters. The minimum atomic E-state index is 0.742. The highest BCUT2D eigenvalue weighted by atomic mass is 35.5. The van der Waals surface area contributed by atoms with E-state index >= 15 is 0 Å². The fraction of sp³-hybridized carbons (Fsp3) is 0.200. The Morgan fingerprint density at radius 3 is 2.29 bits per heavy atom. The van der Waals surface area contributed by atoms with Crippen molar-refractivity contribution in [3.8, 4) is 11.1 Å². The third-order valence-electron chi connectivity index (χ3n) is 2.81. The lowest BCUT2D eigenvalue weighted by Gasteiger charge is -2.05. The van der Waals surface area contributed by atoms with E-state index < -0.39 is 0 Å². The van der Waals surface area contributed by atoms with Gasteiger partial charge in [0.1, 0.15) is 0 Å². The van der Waals surface area contributed by atoms with Crippen LogP contribution in [0, 0.1) is 0 Å². The molecule has 0 amide bonds. The molecular weight excluding hydrogens is 230 g/mol. The van der Waals surface area contributed by atoms with E-state index in [9.17, 15) is 0 Å². The molecule has 2 N–H and O–H groups in total. The summed E-state index contributed by atoms with van der Waals surface area (Å²) in [5.74, 6) is 0. The molecule has 2 rings (SSSR count). The summed E-state index contributed by atoms with van der Waals surface area (Å²) >= 11 is 6.17. The van der Waals surface area contributed by atoms with Crippen LogP contribution >= 0.6 is 11.6 Å². The fourth-order valence-electron chi connectivity index (χ4n) is 1.85. The minimum Gasteiger partial charge on any atom is -0.330 e. The fourth-order valence-corrected chi connectivity index (χ4v) is 2.10. The maximum atomic E-state index is 6.17. The van der Waals surface area contributed by atoms with Crippen LogP contribution in [0.3, 0.4) is 0 Å². The van der Waals surface area contributed by atoms with Crippen LogP contribution < -0.4 is 5.73 Å². The second kappa shape index (κ2) is 5.85. The maximum Gasteiger partial charge on any atom is 0.0484 e. The predicted octanol–water partition coefficient (Wildman–Crippen LogP) is 3.90. The van der Waals surface area contributed by atoms with Gasteiger partial charge in [0.15, 0.2) is 0 Å². The number of benzene rings is 2. The highest BCUT2D eigenvalue weighted by Gasteiger charge is 2.02. The van der Waals surface area contributed by atoms with E-state index in [1.807, 2.05) is 24.3 Å². The first-order valence-electron chi connectivity index (χ1n) is 5.85. The second-order valence-electron chi connectivity index (χ2n) is 4.07. The first-order chi connectivity index (χ1) is 8.31. The molecule has 0 heterocycles. The first-order valence-corrected chi connectivity index (χ1v) is 6.23. The smallest absolute Gasteiger partial charge is 0.0484 e. The van der Waals surface area contributed by atoms with Crippen LogP contribution in [-0.2, 0) is 6.42 Å². The number of nitrogens with two attached hydrogens (primary N) is 1. The van der Waals surface area contributed by atoms with E-state index in [4.69, 9.17) is 17.3 Å². The zero-order chi connectivity index (χ0) is 12.1. The van der Waals surface area contributed by atoms with E-state index in [2.05, 4.69) is 24.3 Å². The van der Waals surface area contributed by atoms with Crippen LogP contribution in [-0.4, -0.2) is 6.54 Å². The summed E-state index contributed by atoms with van der Waals surface area (Å²) in [7, 11) is 0. The summed E-state index contributed by atoms with van der Waals surface area (Å²) in [5, 5.41) is 0.794. The Morgan fingerprint density at radius 2 is 1.65 bits per heavy atom. The molecule has 0 spiro atoms. The lowest BCUT2D eigenvalue weighted by Crippen LogP contribution is -2.00. The highest BCUT2D eigenvalue weighted by molar-refractivity contribution is 6.33. The van der Waals surface area contributed by atoms with Gasteiger partial charge in [0.05, 0.1) is 0 Å². The topological polar surface area (TPSA) is 26.0 Å². The van der Waals surface area contributed by atoms with Gasteiger partial charge in [0.25, 0.3) is 0 Å². The molecule has 0 aromatic heterocycles. The van der Waals surface area contributed by atoms with Crippen molar-refractivity contribution in [3.63, 3.8) is 0 Å². The first kappa shape index (κ1) is 12.2. The standard InChI is InChI=1S/C15H16ClN/c16-15-6-2-1-5-14(15)13-9-7-12(8-10-13)4-3-11-17/h1-2,5-10H,3-4,11,17H2. The van der Waals surface area contributed by atoms with Crippen molar-refractivity contribution < 1.29 is 0 Å². The van der Waals surface area contributed by atoms with Crippen LogP contribution in [0.25, 0.3) is 11.1 Å². The zero-order valence-corrected chi connectivity index (χ0v) is 10.5. The molecule has 88 valence electrons. The second-order valence-corrected chi connectivity index (χ2v) is 4.48. The molecule has 0 saturated heterocycles. The van der Waals surface area contributed by atoms with Crippen molar-refractivity contribution in [2.75, 3.05) is 6.54 Å². The molecule has 2 aromatic rings. The summed E-state index contributed by atoms with van der Waals surface area (Å²) in [6.07, 6.45) is 2.07. The number of aryl methyl sites for hydroxylation is 1. The molecule has 0 bridgehead atoms. The van der Waals surface area contributed by atoms with Gasteiger partial charge in [0.2, 0.25) is 0 Å². The summed E-state index contributed by atoms with van der Waals surface area (Å²) in [5.41, 5.74) is 9.07. The van der Waals surface area contributed by atoms with Gasteiger partial charge < -0.3 is 5.73 Å². The van der Waals surface area contributed by atoms with Crippen molar-refractivity contribution >= 4 is 11.6 Å². The van der Waals surface area contributed by atoms with Crippen molar-refractivity contribution in [1.82, 2.24) is 0 Å². The average Bonchev–Trinajstić information content (AvgIpc) is 2.38. The molecular formula is C15H16ClN. The quantitative estimate of drug-likeness (QED) is 0.869. The highest BCUT2D eigenvalue weighted by Crippen LogP contribution is 2.27. The van der Waals surface area contributed by atoms with Gasteiger partial charge in [-0.15, -0.1) is 0 Å². The molecule has 0 aliphatic carbocycles.